The Balaban J connectivity index is 2.14. The Hall–Kier alpha value is -1.68. The van der Waals surface area contributed by atoms with Crippen LogP contribution in [-0.2, 0) is 10.0 Å². The van der Waals surface area contributed by atoms with Crippen molar-refractivity contribution in [3.05, 3.63) is 57.4 Å². The fraction of sp³-hybridized carbons (Fsp3) is 0.0714. The van der Waals surface area contributed by atoms with Crippen LogP contribution in [0.25, 0.3) is 0 Å². The number of rotatable bonds is 4. The van der Waals surface area contributed by atoms with Gasteiger partial charge in [0.25, 0.3) is 5.91 Å². The Bertz CT molecular complexity index is 807. The van der Waals surface area contributed by atoms with Crippen molar-refractivity contribution in [1.29, 1.82) is 0 Å². The molecule has 8 heteroatoms. The third kappa shape index (κ3) is 4.67. The molecule has 0 saturated heterocycles. The zero-order valence-corrected chi connectivity index (χ0v) is 14.4. The SMILES string of the molecule is CS(=O)(=O)Nc1ccc(NC(=O)c2cc(F)ccc2I)cc1. The van der Waals surface area contributed by atoms with Gasteiger partial charge in [0.1, 0.15) is 5.82 Å². The average molecular weight is 434 g/mol. The zero-order valence-electron chi connectivity index (χ0n) is 11.4. The Morgan fingerprint density at radius 1 is 1.09 bits per heavy atom. The fourth-order valence-corrected chi connectivity index (χ4v) is 2.85. The van der Waals surface area contributed by atoms with Crippen LogP contribution in [0.5, 0.6) is 0 Å². The zero-order chi connectivity index (χ0) is 16.3. The summed E-state index contributed by atoms with van der Waals surface area (Å²) in [6.07, 6.45) is 1.05. The highest BCUT2D eigenvalue weighted by Gasteiger charge is 2.11. The second-order valence-corrected chi connectivity index (χ2v) is 7.44. The molecule has 0 bridgehead atoms. The van der Waals surface area contributed by atoms with Gasteiger partial charge in [0.2, 0.25) is 10.0 Å². The number of amides is 1. The van der Waals surface area contributed by atoms with Crippen molar-refractivity contribution in [3.8, 4) is 0 Å². The van der Waals surface area contributed by atoms with Gasteiger partial charge in [-0.3, -0.25) is 9.52 Å². The van der Waals surface area contributed by atoms with E-state index in [-0.39, 0.29) is 5.56 Å². The molecule has 0 aromatic heterocycles. The molecular weight excluding hydrogens is 422 g/mol. The topological polar surface area (TPSA) is 75.3 Å². The second kappa shape index (κ2) is 6.61. The van der Waals surface area contributed by atoms with E-state index in [0.29, 0.717) is 14.9 Å². The minimum atomic E-state index is -3.35. The minimum Gasteiger partial charge on any atom is -0.322 e. The third-order valence-corrected chi connectivity index (χ3v) is 4.17. The molecule has 0 aliphatic carbocycles. The number of hydrogen-bond donors (Lipinski definition) is 2. The second-order valence-electron chi connectivity index (χ2n) is 4.53. The molecule has 0 aliphatic rings. The van der Waals surface area contributed by atoms with Crippen LogP contribution in [0.2, 0.25) is 0 Å². The molecular formula is C14H12FIN2O3S. The smallest absolute Gasteiger partial charge is 0.256 e. The van der Waals surface area contributed by atoms with Crippen LogP contribution in [0, 0.1) is 9.39 Å². The molecule has 0 unspecified atom stereocenters. The average Bonchev–Trinajstić information content (AvgIpc) is 2.42. The van der Waals surface area contributed by atoms with Crippen molar-refractivity contribution >= 4 is 49.9 Å². The first-order chi connectivity index (χ1) is 10.2. The fourth-order valence-electron chi connectivity index (χ4n) is 1.71. The predicted octanol–water partition coefficient (Wildman–Crippen LogP) is 3.05. The van der Waals surface area contributed by atoms with Gasteiger partial charge in [-0.25, -0.2) is 12.8 Å². The highest BCUT2D eigenvalue weighted by Crippen LogP contribution is 2.18. The molecule has 0 aliphatic heterocycles. The van der Waals surface area contributed by atoms with Gasteiger partial charge >= 0.3 is 0 Å². The van der Waals surface area contributed by atoms with E-state index < -0.39 is 21.7 Å². The molecule has 0 atom stereocenters. The number of anilines is 2. The van der Waals surface area contributed by atoms with Gasteiger partial charge in [-0.05, 0) is 65.1 Å². The quantitative estimate of drug-likeness (QED) is 0.727. The maximum atomic E-state index is 13.2. The molecule has 2 aromatic rings. The predicted molar refractivity (Wildman–Crippen MR) is 92.0 cm³/mol. The maximum absolute atomic E-state index is 13.2. The monoisotopic (exact) mass is 434 g/mol. The normalized spacial score (nSPS) is 11.0. The van der Waals surface area contributed by atoms with Crippen molar-refractivity contribution in [2.24, 2.45) is 0 Å². The molecule has 0 heterocycles. The summed E-state index contributed by atoms with van der Waals surface area (Å²) in [6.45, 7) is 0. The lowest BCUT2D eigenvalue weighted by molar-refractivity contribution is 0.102. The number of sulfonamides is 1. The van der Waals surface area contributed by atoms with Crippen LogP contribution in [0.1, 0.15) is 10.4 Å². The minimum absolute atomic E-state index is 0.235. The summed E-state index contributed by atoms with van der Waals surface area (Å²) in [7, 11) is -3.35. The molecule has 0 fully saturated rings. The molecule has 2 N–H and O–H groups in total. The van der Waals surface area contributed by atoms with Gasteiger partial charge in [-0.2, -0.15) is 0 Å². The number of halogens is 2. The summed E-state index contributed by atoms with van der Waals surface area (Å²) in [6, 6.07) is 10.1. The molecule has 2 aromatic carbocycles. The number of carbonyl (C=O) groups is 1. The summed E-state index contributed by atoms with van der Waals surface area (Å²) in [4.78, 5) is 12.1. The summed E-state index contributed by atoms with van der Waals surface area (Å²) >= 11 is 1.95. The van der Waals surface area contributed by atoms with Gasteiger partial charge in [0.15, 0.2) is 0 Å². The van der Waals surface area contributed by atoms with E-state index >= 15 is 0 Å². The van der Waals surface area contributed by atoms with Crippen LogP contribution in [0.3, 0.4) is 0 Å². The van der Waals surface area contributed by atoms with Gasteiger partial charge in [0.05, 0.1) is 11.8 Å². The molecule has 5 nitrogen and oxygen atoms in total. The highest BCUT2D eigenvalue weighted by molar-refractivity contribution is 14.1. The van der Waals surface area contributed by atoms with Crippen LogP contribution < -0.4 is 10.0 Å². The lowest BCUT2D eigenvalue weighted by Crippen LogP contribution is -2.14. The van der Waals surface area contributed by atoms with Gasteiger partial charge in [0, 0.05) is 14.9 Å². The van der Waals surface area contributed by atoms with Gasteiger partial charge in [-0.1, -0.05) is 0 Å². The van der Waals surface area contributed by atoms with Crippen molar-refractivity contribution in [1.82, 2.24) is 0 Å². The Kier molecular flexibility index (Phi) is 5.01. The van der Waals surface area contributed by atoms with E-state index in [1.165, 1.54) is 24.3 Å². The lowest BCUT2D eigenvalue weighted by atomic mass is 10.2. The first-order valence-electron chi connectivity index (χ1n) is 6.09. The largest absolute Gasteiger partial charge is 0.322 e. The summed E-state index contributed by atoms with van der Waals surface area (Å²) < 4.78 is 38.4. The van der Waals surface area contributed by atoms with Crippen molar-refractivity contribution < 1.29 is 17.6 Å². The molecule has 22 heavy (non-hydrogen) atoms. The molecule has 116 valence electrons. The van der Waals surface area contributed by atoms with Crippen LogP contribution in [0.4, 0.5) is 15.8 Å². The standard InChI is InChI=1S/C14H12FIN2O3S/c1-22(20,21)18-11-5-3-10(4-6-11)17-14(19)12-8-9(15)2-7-13(12)16/h2-8,18H,1H3,(H,17,19). The van der Waals surface area contributed by atoms with E-state index in [1.54, 1.807) is 12.1 Å². The summed E-state index contributed by atoms with van der Waals surface area (Å²) in [5, 5.41) is 2.63. The van der Waals surface area contributed by atoms with E-state index in [0.717, 1.165) is 12.3 Å². The van der Waals surface area contributed by atoms with Crippen molar-refractivity contribution in [3.63, 3.8) is 0 Å². The number of nitrogens with one attached hydrogen (secondary N) is 2. The first kappa shape index (κ1) is 16.7. The molecule has 1 amide bonds. The molecule has 2 rings (SSSR count). The van der Waals surface area contributed by atoms with E-state index in [2.05, 4.69) is 10.0 Å². The van der Waals surface area contributed by atoms with Gasteiger partial charge in [-0.15, -0.1) is 0 Å². The van der Waals surface area contributed by atoms with Crippen LogP contribution >= 0.6 is 22.6 Å². The maximum Gasteiger partial charge on any atom is 0.256 e. The van der Waals surface area contributed by atoms with Crippen molar-refractivity contribution in [2.45, 2.75) is 0 Å². The van der Waals surface area contributed by atoms with Crippen molar-refractivity contribution in [2.75, 3.05) is 16.3 Å². The Labute approximate surface area is 141 Å². The Morgan fingerprint density at radius 3 is 2.27 bits per heavy atom. The number of carbonyl (C=O) groups excluding carboxylic acids is 1. The van der Waals surface area contributed by atoms with E-state index in [9.17, 15) is 17.6 Å². The highest BCUT2D eigenvalue weighted by atomic mass is 127. The Morgan fingerprint density at radius 2 is 1.68 bits per heavy atom. The third-order valence-electron chi connectivity index (χ3n) is 2.62. The van der Waals surface area contributed by atoms with E-state index in [1.807, 2.05) is 22.6 Å². The summed E-state index contributed by atoms with van der Waals surface area (Å²) in [5.74, 6) is -0.925. The lowest BCUT2D eigenvalue weighted by Gasteiger charge is -2.08. The molecule has 0 radical (unpaired) electrons. The van der Waals surface area contributed by atoms with Gasteiger partial charge < -0.3 is 5.32 Å². The first-order valence-corrected chi connectivity index (χ1v) is 9.06. The summed E-state index contributed by atoms with van der Waals surface area (Å²) in [5.41, 5.74) is 1.10. The van der Waals surface area contributed by atoms with E-state index in [4.69, 9.17) is 0 Å². The number of hydrogen-bond acceptors (Lipinski definition) is 3. The molecule has 0 saturated carbocycles. The number of benzene rings is 2. The van der Waals surface area contributed by atoms with Crippen LogP contribution in [-0.4, -0.2) is 20.6 Å². The van der Waals surface area contributed by atoms with Crippen LogP contribution in [0.15, 0.2) is 42.5 Å². The molecule has 0 spiro atoms.